The molecule has 1 fully saturated rings. The van der Waals surface area contributed by atoms with Crippen molar-refractivity contribution in [2.75, 3.05) is 44.7 Å². The summed E-state index contributed by atoms with van der Waals surface area (Å²) in [6.07, 6.45) is 0. The maximum Gasteiger partial charge on any atom is 0.239 e. The number of amides is 1. The maximum absolute atomic E-state index is 13.3. The number of hydrogen-bond donors (Lipinski definition) is 2. The van der Waals surface area contributed by atoms with Crippen LogP contribution in [0.5, 0.6) is 0 Å². The van der Waals surface area contributed by atoms with Crippen molar-refractivity contribution in [3.8, 4) is 0 Å². The highest BCUT2D eigenvalue weighted by molar-refractivity contribution is 6.33. The molecular formula is C20H23ClFN3O2. The second kappa shape index (κ2) is 9.69. The SMILES string of the molecule is O=C(CNc1ccccc1Cl)NCC(c1ccc(F)cc1)N1CCOCC1. The summed E-state index contributed by atoms with van der Waals surface area (Å²) < 4.78 is 18.7. The summed E-state index contributed by atoms with van der Waals surface area (Å²) in [6.45, 7) is 3.42. The van der Waals surface area contributed by atoms with Crippen LogP contribution in [0, 0.1) is 5.82 Å². The Morgan fingerprint density at radius 2 is 1.85 bits per heavy atom. The molecule has 2 N–H and O–H groups in total. The van der Waals surface area contributed by atoms with Crippen LogP contribution in [0.4, 0.5) is 10.1 Å². The summed E-state index contributed by atoms with van der Waals surface area (Å²) in [5.74, 6) is -0.400. The molecule has 5 nitrogen and oxygen atoms in total. The Morgan fingerprint density at radius 3 is 2.56 bits per heavy atom. The molecule has 0 aliphatic carbocycles. The highest BCUT2D eigenvalue weighted by Gasteiger charge is 2.23. The topological polar surface area (TPSA) is 53.6 Å². The second-order valence-electron chi connectivity index (χ2n) is 6.35. The Hall–Kier alpha value is -2.15. The molecule has 0 aromatic heterocycles. The van der Waals surface area contributed by atoms with E-state index in [1.54, 1.807) is 18.2 Å². The van der Waals surface area contributed by atoms with E-state index in [1.807, 2.05) is 18.2 Å². The van der Waals surface area contributed by atoms with E-state index >= 15 is 0 Å². The van der Waals surface area contributed by atoms with Gasteiger partial charge in [-0.05, 0) is 29.8 Å². The Balaban J connectivity index is 1.59. The monoisotopic (exact) mass is 391 g/mol. The van der Waals surface area contributed by atoms with E-state index in [0.29, 0.717) is 24.8 Å². The zero-order chi connectivity index (χ0) is 19.1. The Morgan fingerprint density at radius 1 is 1.15 bits per heavy atom. The van der Waals surface area contributed by atoms with E-state index in [1.165, 1.54) is 12.1 Å². The summed E-state index contributed by atoms with van der Waals surface area (Å²) in [4.78, 5) is 14.5. The first kappa shape index (κ1) is 19.6. The van der Waals surface area contributed by atoms with Crippen LogP contribution in [0.2, 0.25) is 5.02 Å². The van der Waals surface area contributed by atoms with Crippen molar-refractivity contribution in [2.45, 2.75) is 6.04 Å². The number of carbonyl (C=O) groups is 1. The molecular weight excluding hydrogens is 369 g/mol. The van der Waals surface area contributed by atoms with Gasteiger partial charge in [0.1, 0.15) is 5.82 Å². The predicted molar refractivity (Wildman–Crippen MR) is 104 cm³/mol. The number of anilines is 1. The van der Waals surface area contributed by atoms with Gasteiger partial charge in [0, 0.05) is 19.6 Å². The van der Waals surface area contributed by atoms with Crippen molar-refractivity contribution in [1.82, 2.24) is 10.2 Å². The number of halogens is 2. The van der Waals surface area contributed by atoms with Gasteiger partial charge in [0.15, 0.2) is 0 Å². The van der Waals surface area contributed by atoms with Gasteiger partial charge in [-0.3, -0.25) is 9.69 Å². The normalized spacial score (nSPS) is 15.9. The van der Waals surface area contributed by atoms with Crippen LogP contribution in [0.25, 0.3) is 0 Å². The summed E-state index contributed by atoms with van der Waals surface area (Å²) in [5.41, 5.74) is 1.69. The summed E-state index contributed by atoms with van der Waals surface area (Å²) in [7, 11) is 0. The minimum atomic E-state index is -0.271. The van der Waals surface area contributed by atoms with Gasteiger partial charge >= 0.3 is 0 Å². The third kappa shape index (κ3) is 5.66. The van der Waals surface area contributed by atoms with Crippen molar-refractivity contribution >= 4 is 23.2 Å². The van der Waals surface area contributed by atoms with E-state index in [0.717, 1.165) is 24.3 Å². The Kier molecular flexibility index (Phi) is 7.04. The van der Waals surface area contributed by atoms with Crippen LogP contribution in [-0.2, 0) is 9.53 Å². The van der Waals surface area contributed by atoms with Crippen LogP contribution in [0.15, 0.2) is 48.5 Å². The van der Waals surface area contributed by atoms with Gasteiger partial charge in [-0.1, -0.05) is 35.9 Å². The van der Waals surface area contributed by atoms with Gasteiger partial charge in [-0.25, -0.2) is 4.39 Å². The van der Waals surface area contributed by atoms with Gasteiger partial charge < -0.3 is 15.4 Å². The lowest BCUT2D eigenvalue weighted by Crippen LogP contribution is -2.44. The fourth-order valence-corrected chi connectivity index (χ4v) is 3.29. The summed E-state index contributed by atoms with van der Waals surface area (Å²) >= 11 is 6.09. The van der Waals surface area contributed by atoms with Gasteiger partial charge in [0.05, 0.1) is 36.5 Å². The number of hydrogen-bond acceptors (Lipinski definition) is 4. The fourth-order valence-electron chi connectivity index (χ4n) is 3.08. The molecule has 2 aromatic rings. The number of morpholine rings is 1. The number of rotatable bonds is 7. The third-order valence-corrected chi connectivity index (χ3v) is 4.88. The molecule has 2 aromatic carbocycles. The minimum Gasteiger partial charge on any atom is -0.379 e. The van der Waals surface area contributed by atoms with Crippen molar-refractivity contribution in [2.24, 2.45) is 0 Å². The van der Waals surface area contributed by atoms with Gasteiger partial charge in [0.25, 0.3) is 0 Å². The highest BCUT2D eigenvalue weighted by Crippen LogP contribution is 2.22. The number of nitrogens with zero attached hydrogens (tertiary/aromatic N) is 1. The van der Waals surface area contributed by atoms with Crippen LogP contribution in [0.1, 0.15) is 11.6 Å². The average Bonchev–Trinajstić information content (AvgIpc) is 2.69. The molecule has 3 rings (SSSR count). The molecule has 1 atom stereocenters. The zero-order valence-electron chi connectivity index (χ0n) is 15.0. The van der Waals surface area contributed by atoms with E-state index < -0.39 is 0 Å². The molecule has 1 aliphatic heterocycles. The van der Waals surface area contributed by atoms with E-state index in [-0.39, 0.29) is 24.3 Å². The standard InChI is InChI=1S/C20H23ClFN3O2/c21-17-3-1-2-4-18(17)23-14-20(26)24-13-19(25-9-11-27-12-10-25)15-5-7-16(22)8-6-15/h1-8,19,23H,9-14H2,(H,24,26). The first-order chi connectivity index (χ1) is 13.1. The molecule has 1 saturated heterocycles. The molecule has 1 unspecified atom stereocenters. The predicted octanol–water partition coefficient (Wildman–Crippen LogP) is 3.08. The number of ether oxygens (including phenoxy) is 1. The first-order valence-electron chi connectivity index (χ1n) is 8.96. The molecule has 27 heavy (non-hydrogen) atoms. The van der Waals surface area contributed by atoms with Crippen LogP contribution in [-0.4, -0.2) is 50.2 Å². The van der Waals surface area contributed by atoms with E-state index in [9.17, 15) is 9.18 Å². The van der Waals surface area contributed by atoms with Crippen molar-refractivity contribution in [3.63, 3.8) is 0 Å². The second-order valence-corrected chi connectivity index (χ2v) is 6.76. The lowest BCUT2D eigenvalue weighted by atomic mass is 10.0. The van der Waals surface area contributed by atoms with Crippen molar-refractivity contribution in [1.29, 1.82) is 0 Å². The molecule has 1 aliphatic rings. The third-order valence-electron chi connectivity index (χ3n) is 4.55. The molecule has 144 valence electrons. The highest BCUT2D eigenvalue weighted by atomic mass is 35.5. The Labute approximate surface area is 163 Å². The quantitative estimate of drug-likeness (QED) is 0.761. The van der Waals surface area contributed by atoms with Crippen molar-refractivity contribution in [3.05, 3.63) is 64.9 Å². The van der Waals surface area contributed by atoms with Crippen LogP contribution in [0.3, 0.4) is 0 Å². The summed E-state index contributed by atoms with van der Waals surface area (Å²) in [6, 6.07) is 13.7. The van der Waals surface area contributed by atoms with Gasteiger partial charge in [-0.2, -0.15) is 0 Å². The van der Waals surface area contributed by atoms with Crippen LogP contribution < -0.4 is 10.6 Å². The van der Waals surface area contributed by atoms with Crippen LogP contribution >= 0.6 is 11.6 Å². The average molecular weight is 392 g/mol. The molecule has 1 amide bonds. The van der Waals surface area contributed by atoms with E-state index in [2.05, 4.69) is 15.5 Å². The van der Waals surface area contributed by atoms with E-state index in [4.69, 9.17) is 16.3 Å². The van der Waals surface area contributed by atoms with Crippen molar-refractivity contribution < 1.29 is 13.9 Å². The van der Waals surface area contributed by atoms with Gasteiger partial charge in [0.2, 0.25) is 5.91 Å². The molecule has 0 bridgehead atoms. The Bertz CT molecular complexity index is 751. The molecule has 0 spiro atoms. The zero-order valence-corrected chi connectivity index (χ0v) is 15.7. The first-order valence-corrected chi connectivity index (χ1v) is 9.33. The molecule has 0 saturated carbocycles. The molecule has 7 heteroatoms. The minimum absolute atomic E-state index is 0.0289. The smallest absolute Gasteiger partial charge is 0.239 e. The lowest BCUT2D eigenvalue weighted by molar-refractivity contribution is -0.119. The number of nitrogens with one attached hydrogen (secondary N) is 2. The molecule has 1 heterocycles. The molecule has 0 radical (unpaired) electrons. The van der Waals surface area contributed by atoms with Gasteiger partial charge in [-0.15, -0.1) is 0 Å². The lowest BCUT2D eigenvalue weighted by Gasteiger charge is -2.35. The fraction of sp³-hybridized carbons (Fsp3) is 0.350. The largest absolute Gasteiger partial charge is 0.379 e. The number of para-hydroxylation sites is 1. The summed E-state index contributed by atoms with van der Waals surface area (Å²) in [5, 5.41) is 6.57. The number of benzene rings is 2. The number of carbonyl (C=O) groups excluding carboxylic acids is 1. The maximum atomic E-state index is 13.3.